The first-order chi connectivity index (χ1) is 10.1. The van der Waals surface area contributed by atoms with Gasteiger partial charge in [0.15, 0.2) is 0 Å². The number of carbonyl (C=O) groups excluding carboxylic acids is 1. The van der Waals surface area contributed by atoms with Crippen molar-refractivity contribution in [2.24, 2.45) is 0 Å². The van der Waals surface area contributed by atoms with Crippen LogP contribution in [0.1, 0.15) is 11.1 Å². The minimum absolute atomic E-state index is 0.213. The van der Waals surface area contributed by atoms with Gasteiger partial charge >= 0.3 is 6.03 Å². The maximum absolute atomic E-state index is 11.7. The number of benzene rings is 1. The van der Waals surface area contributed by atoms with E-state index in [2.05, 4.69) is 15.6 Å². The van der Waals surface area contributed by atoms with Crippen LogP contribution in [0.25, 0.3) is 0 Å². The van der Waals surface area contributed by atoms with E-state index in [1.54, 1.807) is 24.5 Å². The fraction of sp³-hybridized carbons (Fsp3) is 0.200. The first kappa shape index (κ1) is 15.6. The molecule has 0 spiro atoms. The number of rotatable bonds is 5. The fourth-order valence-electron chi connectivity index (χ4n) is 1.76. The second-order valence-corrected chi connectivity index (χ2v) is 5.28. The molecule has 0 unspecified atom stereocenters. The van der Waals surface area contributed by atoms with Crippen LogP contribution in [0.15, 0.2) is 42.7 Å². The molecule has 2 aromatic rings. The van der Waals surface area contributed by atoms with Crippen molar-refractivity contribution in [3.63, 3.8) is 0 Å². The molecule has 2 N–H and O–H groups in total. The predicted octanol–water partition coefficient (Wildman–Crippen LogP) is 3.43. The summed E-state index contributed by atoms with van der Waals surface area (Å²) < 4.78 is 0. The number of urea groups is 1. The second-order valence-electron chi connectivity index (χ2n) is 4.46. The molecule has 2 amide bonds. The van der Waals surface area contributed by atoms with Crippen molar-refractivity contribution in [2.75, 3.05) is 6.54 Å². The zero-order chi connectivity index (χ0) is 15.1. The number of nitrogens with zero attached hydrogens (tertiary/aromatic N) is 1. The van der Waals surface area contributed by atoms with Gasteiger partial charge in [0.2, 0.25) is 0 Å². The van der Waals surface area contributed by atoms with Gasteiger partial charge < -0.3 is 10.6 Å². The maximum atomic E-state index is 11.7. The average molecular weight is 324 g/mol. The molecule has 1 heterocycles. The van der Waals surface area contributed by atoms with Crippen molar-refractivity contribution in [1.29, 1.82) is 0 Å². The van der Waals surface area contributed by atoms with Crippen LogP contribution >= 0.6 is 23.2 Å². The monoisotopic (exact) mass is 323 g/mol. The van der Waals surface area contributed by atoms with Crippen LogP contribution in [-0.4, -0.2) is 17.6 Å². The first-order valence-electron chi connectivity index (χ1n) is 6.49. The maximum Gasteiger partial charge on any atom is 0.315 e. The second kappa shape index (κ2) is 7.86. The van der Waals surface area contributed by atoms with Crippen LogP contribution in [0, 0.1) is 0 Å². The minimum atomic E-state index is -0.213. The zero-order valence-corrected chi connectivity index (χ0v) is 12.8. The Morgan fingerprint density at radius 3 is 2.48 bits per heavy atom. The third kappa shape index (κ3) is 5.25. The largest absolute Gasteiger partial charge is 0.338 e. The lowest BCUT2D eigenvalue weighted by atomic mass is 10.2. The number of nitrogens with one attached hydrogen (secondary N) is 2. The lowest BCUT2D eigenvalue weighted by Crippen LogP contribution is -2.36. The van der Waals surface area contributed by atoms with Gasteiger partial charge in [-0.2, -0.15) is 0 Å². The van der Waals surface area contributed by atoms with Gasteiger partial charge in [0.05, 0.1) is 10.0 Å². The predicted molar refractivity (Wildman–Crippen MR) is 84.6 cm³/mol. The number of carbonyl (C=O) groups is 1. The third-order valence-corrected chi connectivity index (χ3v) is 3.62. The van der Waals surface area contributed by atoms with Crippen LogP contribution < -0.4 is 10.6 Å². The van der Waals surface area contributed by atoms with Crippen LogP contribution in [-0.2, 0) is 13.0 Å². The molecule has 110 valence electrons. The normalized spacial score (nSPS) is 10.2. The Morgan fingerprint density at radius 1 is 1.00 bits per heavy atom. The smallest absolute Gasteiger partial charge is 0.315 e. The highest BCUT2D eigenvalue weighted by atomic mass is 35.5. The van der Waals surface area contributed by atoms with E-state index in [4.69, 9.17) is 23.2 Å². The van der Waals surface area contributed by atoms with Crippen LogP contribution in [0.5, 0.6) is 0 Å². The molecule has 1 aromatic carbocycles. The van der Waals surface area contributed by atoms with Crippen molar-refractivity contribution in [1.82, 2.24) is 15.6 Å². The molecule has 4 nitrogen and oxygen atoms in total. The topological polar surface area (TPSA) is 54.0 Å². The number of pyridine rings is 1. The Kier molecular flexibility index (Phi) is 5.84. The molecule has 0 radical (unpaired) electrons. The number of halogens is 2. The highest BCUT2D eigenvalue weighted by Crippen LogP contribution is 2.22. The molecule has 0 aliphatic heterocycles. The van der Waals surface area contributed by atoms with Crippen molar-refractivity contribution >= 4 is 29.2 Å². The standard InChI is InChI=1S/C15H15Cl2N3O/c16-13-2-1-12(9-14(13)17)10-20-15(21)19-8-5-11-3-6-18-7-4-11/h1-4,6-7,9H,5,8,10H2,(H2,19,20,21). The lowest BCUT2D eigenvalue weighted by molar-refractivity contribution is 0.240. The molecule has 0 atom stereocenters. The molecule has 0 bridgehead atoms. The molecule has 0 aliphatic rings. The summed E-state index contributed by atoms with van der Waals surface area (Å²) in [7, 11) is 0. The van der Waals surface area contributed by atoms with Crippen molar-refractivity contribution in [2.45, 2.75) is 13.0 Å². The number of hydrogen-bond acceptors (Lipinski definition) is 2. The van der Waals surface area contributed by atoms with Crippen molar-refractivity contribution in [3.05, 3.63) is 63.9 Å². The zero-order valence-electron chi connectivity index (χ0n) is 11.3. The molecule has 0 aliphatic carbocycles. The van der Waals surface area contributed by atoms with E-state index in [1.165, 1.54) is 0 Å². The van der Waals surface area contributed by atoms with Crippen molar-refractivity contribution < 1.29 is 4.79 Å². The summed E-state index contributed by atoms with van der Waals surface area (Å²) >= 11 is 11.7. The Morgan fingerprint density at radius 2 is 1.76 bits per heavy atom. The van der Waals surface area contributed by atoms with E-state index in [9.17, 15) is 4.79 Å². The number of hydrogen-bond donors (Lipinski definition) is 2. The summed E-state index contributed by atoms with van der Waals surface area (Å²) in [5, 5.41) is 6.55. The highest BCUT2D eigenvalue weighted by Gasteiger charge is 2.02. The van der Waals surface area contributed by atoms with Gasteiger partial charge in [-0.25, -0.2) is 4.79 Å². The Balaban J connectivity index is 1.71. The molecule has 2 rings (SSSR count). The summed E-state index contributed by atoms with van der Waals surface area (Å²) in [6.07, 6.45) is 4.24. The molecule has 0 saturated carbocycles. The van der Waals surface area contributed by atoms with Gasteiger partial charge in [0.25, 0.3) is 0 Å². The minimum Gasteiger partial charge on any atom is -0.338 e. The van der Waals surface area contributed by atoms with E-state index < -0.39 is 0 Å². The lowest BCUT2D eigenvalue weighted by Gasteiger charge is -2.08. The molecular formula is C15H15Cl2N3O. The van der Waals surface area contributed by atoms with E-state index >= 15 is 0 Å². The molecule has 1 aromatic heterocycles. The van der Waals surface area contributed by atoms with Gasteiger partial charge in [-0.05, 0) is 41.8 Å². The molecule has 0 fully saturated rings. The number of amides is 2. The third-order valence-electron chi connectivity index (χ3n) is 2.89. The van der Waals surface area contributed by atoms with Gasteiger partial charge in [0.1, 0.15) is 0 Å². The summed E-state index contributed by atoms with van der Waals surface area (Å²) in [4.78, 5) is 15.6. The van der Waals surface area contributed by atoms with E-state index in [0.717, 1.165) is 17.5 Å². The summed E-state index contributed by atoms with van der Waals surface area (Å²) in [6, 6.07) is 8.91. The van der Waals surface area contributed by atoms with Gasteiger partial charge in [-0.3, -0.25) is 4.98 Å². The van der Waals surface area contributed by atoms with Gasteiger partial charge in [-0.1, -0.05) is 29.3 Å². The molecule has 0 saturated heterocycles. The molecular weight excluding hydrogens is 309 g/mol. The Hall–Kier alpha value is -1.78. The first-order valence-corrected chi connectivity index (χ1v) is 7.25. The fourth-order valence-corrected chi connectivity index (χ4v) is 2.08. The van der Waals surface area contributed by atoms with E-state index in [0.29, 0.717) is 23.1 Å². The van der Waals surface area contributed by atoms with Gasteiger partial charge in [0, 0.05) is 25.5 Å². The number of aromatic nitrogens is 1. The van der Waals surface area contributed by atoms with E-state index in [-0.39, 0.29) is 6.03 Å². The van der Waals surface area contributed by atoms with Crippen molar-refractivity contribution in [3.8, 4) is 0 Å². The Bertz CT molecular complexity index is 605. The average Bonchev–Trinajstić information content (AvgIpc) is 2.49. The van der Waals surface area contributed by atoms with E-state index in [1.807, 2.05) is 18.2 Å². The summed E-state index contributed by atoms with van der Waals surface area (Å²) in [6.45, 7) is 0.967. The van der Waals surface area contributed by atoms with Crippen LogP contribution in [0.3, 0.4) is 0 Å². The summed E-state index contributed by atoms with van der Waals surface area (Å²) in [5.41, 5.74) is 2.03. The Labute approximate surface area is 133 Å². The summed E-state index contributed by atoms with van der Waals surface area (Å²) in [5.74, 6) is 0. The quantitative estimate of drug-likeness (QED) is 0.885. The van der Waals surface area contributed by atoms with Crippen LogP contribution in [0.2, 0.25) is 10.0 Å². The SMILES string of the molecule is O=C(NCCc1ccncc1)NCc1ccc(Cl)c(Cl)c1. The molecule has 21 heavy (non-hydrogen) atoms. The van der Waals surface area contributed by atoms with Gasteiger partial charge in [-0.15, -0.1) is 0 Å². The highest BCUT2D eigenvalue weighted by molar-refractivity contribution is 6.42. The molecule has 6 heteroatoms. The van der Waals surface area contributed by atoms with Crippen LogP contribution in [0.4, 0.5) is 4.79 Å².